The van der Waals surface area contributed by atoms with Crippen molar-refractivity contribution in [2.75, 3.05) is 32.4 Å². The summed E-state index contributed by atoms with van der Waals surface area (Å²) in [6, 6.07) is 6.96. The predicted octanol–water partition coefficient (Wildman–Crippen LogP) is 0.429. The van der Waals surface area contributed by atoms with E-state index in [1.807, 2.05) is 6.07 Å². The van der Waals surface area contributed by atoms with Crippen LogP contribution in [0.1, 0.15) is 12.0 Å². The molecule has 1 amide bonds. The van der Waals surface area contributed by atoms with E-state index in [0.717, 1.165) is 5.56 Å². The van der Waals surface area contributed by atoms with Crippen LogP contribution in [0.25, 0.3) is 0 Å². The van der Waals surface area contributed by atoms with Crippen molar-refractivity contribution in [3.05, 3.63) is 29.8 Å². The lowest BCUT2D eigenvalue weighted by Gasteiger charge is -2.33. The van der Waals surface area contributed by atoms with Crippen LogP contribution in [0.4, 0.5) is 0 Å². The molecule has 1 aromatic carbocycles. The molecule has 0 atom stereocenters. The second-order valence-electron chi connectivity index (χ2n) is 5.17. The summed E-state index contributed by atoms with van der Waals surface area (Å²) in [7, 11) is -3.17. The first-order valence-corrected chi connectivity index (χ1v) is 8.72. The smallest absolute Gasteiger partial charge is 0.222 e. The van der Waals surface area contributed by atoms with Crippen LogP contribution in [-0.2, 0) is 21.2 Å². The van der Waals surface area contributed by atoms with Gasteiger partial charge in [0.1, 0.15) is 5.75 Å². The van der Waals surface area contributed by atoms with Gasteiger partial charge in [0.25, 0.3) is 0 Å². The summed E-state index contributed by atoms with van der Waals surface area (Å²) in [5.41, 5.74) is 0.751. The number of aryl methyl sites for hydroxylation is 1. The summed E-state index contributed by atoms with van der Waals surface area (Å²) >= 11 is 0. The minimum absolute atomic E-state index is 0.00796. The number of benzene rings is 1. The lowest BCUT2D eigenvalue weighted by atomic mass is 10.1. The number of amides is 1. The molecule has 0 spiro atoms. The minimum atomic E-state index is -3.17. The van der Waals surface area contributed by atoms with Crippen molar-refractivity contribution < 1.29 is 18.3 Å². The highest BCUT2D eigenvalue weighted by Gasteiger charge is 2.25. The molecule has 0 aromatic heterocycles. The first kappa shape index (κ1) is 15.8. The van der Waals surface area contributed by atoms with Crippen molar-refractivity contribution in [2.24, 2.45) is 0 Å². The SMILES string of the molecule is CS(=O)(=O)N1CCN(C(=O)CCc2ccccc2O)CC1. The minimum Gasteiger partial charge on any atom is -0.508 e. The van der Waals surface area contributed by atoms with Crippen LogP contribution in [0.2, 0.25) is 0 Å². The zero-order valence-corrected chi connectivity index (χ0v) is 12.8. The summed E-state index contributed by atoms with van der Waals surface area (Å²) in [5, 5.41) is 9.66. The van der Waals surface area contributed by atoms with Crippen molar-refractivity contribution >= 4 is 15.9 Å². The molecule has 6 nitrogen and oxygen atoms in total. The van der Waals surface area contributed by atoms with Crippen molar-refractivity contribution in [1.82, 2.24) is 9.21 Å². The van der Waals surface area contributed by atoms with Crippen molar-refractivity contribution in [3.63, 3.8) is 0 Å². The first-order valence-electron chi connectivity index (χ1n) is 6.87. The number of phenolic OH excluding ortho intramolecular Hbond substituents is 1. The monoisotopic (exact) mass is 312 g/mol. The van der Waals surface area contributed by atoms with Gasteiger partial charge in [0, 0.05) is 32.6 Å². The average molecular weight is 312 g/mol. The van der Waals surface area contributed by atoms with Crippen molar-refractivity contribution in [3.8, 4) is 5.75 Å². The number of rotatable bonds is 4. The zero-order chi connectivity index (χ0) is 15.5. The fourth-order valence-electron chi connectivity index (χ4n) is 2.39. The van der Waals surface area contributed by atoms with Crippen LogP contribution in [0, 0.1) is 0 Å². The van der Waals surface area contributed by atoms with Crippen LogP contribution in [0.15, 0.2) is 24.3 Å². The van der Waals surface area contributed by atoms with Gasteiger partial charge in [0.2, 0.25) is 15.9 Å². The summed E-state index contributed by atoms with van der Waals surface area (Å²) in [6.45, 7) is 1.54. The molecule has 1 heterocycles. The number of carbonyl (C=O) groups is 1. The molecule has 1 fully saturated rings. The van der Waals surface area contributed by atoms with E-state index in [1.54, 1.807) is 23.1 Å². The molecule has 1 N–H and O–H groups in total. The van der Waals surface area contributed by atoms with Gasteiger partial charge < -0.3 is 10.0 Å². The molecule has 1 aliphatic rings. The highest BCUT2D eigenvalue weighted by Crippen LogP contribution is 2.18. The zero-order valence-electron chi connectivity index (χ0n) is 12.0. The number of nitrogens with zero attached hydrogens (tertiary/aromatic N) is 2. The first-order chi connectivity index (χ1) is 9.88. The molecule has 0 radical (unpaired) electrons. The van der Waals surface area contributed by atoms with E-state index in [2.05, 4.69) is 0 Å². The maximum Gasteiger partial charge on any atom is 0.222 e. The molecule has 0 aliphatic carbocycles. The van der Waals surface area contributed by atoms with E-state index < -0.39 is 10.0 Å². The van der Waals surface area contributed by atoms with Gasteiger partial charge in [0.15, 0.2) is 0 Å². The van der Waals surface area contributed by atoms with E-state index in [-0.39, 0.29) is 11.7 Å². The maximum atomic E-state index is 12.1. The van der Waals surface area contributed by atoms with Gasteiger partial charge in [-0.1, -0.05) is 18.2 Å². The number of phenols is 1. The lowest BCUT2D eigenvalue weighted by Crippen LogP contribution is -2.50. The van der Waals surface area contributed by atoms with Crippen LogP contribution in [0.5, 0.6) is 5.75 Å². The van der Waals surface area contributed by atoms with Gasteiger partial charge in [-0.3, -0.25) is 4.79 Å². The number of aromatic hydroxyl groups is 1. The molecule has 0 unspecified atom stereocenters. The number of carbonyl (C=O) groups excluding carboxylic acids is 1. The predicted molar refractivity (Wildman–Crippen MR) is 79.4 cm³/mol. The largest absolute Gasteiger partial charge is 0.508 e. The number of hydrogen-bond donors (Lipinski definition) is 1. The van der Waals surface area contributed by atoms with E-state index in [4.69, 9.17) is 0 Å². The second kappa shape index (κ2) is 6.44. The molecule has 21 heavy (non-hydrogen) atoms. The van der Waals surface area contributed by atoms with Gasteiger partial charge in [-0.25, -0.2) is 8.42 Å². The van der Waals surface area contributed by atoms with Gasteiger partial charge in [-0.2, -0.15) is 4.31 Å². The Kier molecular flexibility index (Phi) is 4.84. The van der Waals surface area contributed by atoms with E-state index >= 15 is 0 Å². The lowest BCUT2D eigenvalue weighted by molar-refractivity contribution is -0.132. The molecule has 1 saturated heterocycles. The summed E-state index contributed by atoms with van der Waals surface area (Å²) in [5.74, 6) is 0.193. The van der Waals surface area contributed by atoms with Gasteiger partial charge in [0.05, 0.1) is 6.26 Å². The molecule has 1 aromatic rings. The summed E-state index contributed by atoms with van der Waals surface area (Å²) < 4.78 is 24.2. The van der Waals surface area contributed by atoms with Gasteiger partial charge in [-0.15, -0.1) is 0 Å². The van der Waals surface area contributed by atoms with Crippen LogP contribution in [-0.4, -0.2) is 61.1 Å². The van der Waals surface area contributed by atoms with Crippen molar-refractivity contribution in [1.29, 1.82) is 0 Å². The van der Waals surface area contributed by atoms with Crippen LogP contribution < -0.4 is 0 Å². The topological polar surface area (TPSA) is 77.9 Å². The molecule has 1 aliphatic heterocycles. The summed E-state index contributed by atoms with van der Waals surface area (Å²) in [4.78, 5) is 13.8. The Hall–Kier alpha value is -1.60. The fourth-order valence-corrected chi connectivity index (χ4v) is 3.22. The molecule has 0 saturated carbocycles. The highest BCUT2D eigenvalue weighted by atomic mass is 32.2. The third kappa shape index (κ3) is 4.18. The van der Waals surface area contributed by atoms with E-state index in [0.29, 0.717) is 39.0 Å². The molecular weight excluding hydrogens is 292 g/mol. The Morgan fingerprint density at radius 2 is 1.81 bits per heavy atom. The molecule has 0 bridgehead atoms. The molecule has 116 valence electrons. The average Bonchev–Trinajstić information content (AvgIpc) is 2.45. The standard InChI is InChI=1S/C14H20N2O4S/c1-21(19,20)16-10-8-15(9-11-16)14(18)7-6-12-4-2-3-5-13(12)17/h2-5,17H,6-11H2,1H3. The number of para-hydroxylation sites is 1. The van der Waals surface area contributed by atoms with E-state index in [1.165, 1.54) is 10.6 Å². The number of sulfonamides is 1. The Morgan fingerprint density at radius 3 is 2.38 bits per heavy atom. The van der Waals surface area contributed by atoms with Crippen LogP contribution in [0.3, 0.4) is 0 Å². The number of piperazine rings is 1. The highest BCUT2D eigenvalue weighted by molar-refractivity contribution is 7.88. The quantitative estimate of drug-likeness (QED) is 0.874. The Bertz CT molecular complexity index is 607. The third-order valence-corrected chi connectivity index (χ3v) is 4.96. The van der Waals surface area contributed by atoms with Gasteiger partial charge >= 0.3 is 0 Å². The Labute approximate surface area is 125 Å². The molecule has 7 heteroatoms. The summed E-state index contributed by atoms with van der Waals surface area (Å²) in [6.07, 6.45) is 1.98. The maximum absolute atomic E-state index is 12.1. The third-order valence-electron chi connectivity index (χ3n) is 3.66. The molecular formula is C14H20N2O4S. The second-order valence-corrected chi connectivity index (χ2v) is 7.15. The van der Waals surface area contributed by atoms with Gasteiger partial charge in [-0.05, 0) is 18.1 Å². The van der Waals surface area contributed by atoms with E-state index in [9.17, 15) is 18.3 Å². The Balaban J connectivity index is 1.84. The normalized spacial score (nSPS) is 16.9. The molecule has 2 rings (SSSR count). The number of hydrogen-bond acceptors (Lipinski definition) is 4. The Morgan fingerprint density at radius 1 is 1.19 bits per heavy atom. The fraction of sp³-hybridized carbons (Fsp3) is 0.500. The van der Waals surface area contributed by atoms with Crippen LogP contribution >= 0.6 is 0 Å². The van der Waals surface area contributed by atoms with Crippen molar-refractivity contribution in [2.45, 2.75) is 12.8 Å².